The normalized spacial score (nSPS) is 12.6. The van der Waals surface area contributed by atoms with Crippen molar-refractivity contribution in [1.29, 1.82) is 0 Å². The Morgan fingerprint density at radius 3 is 2.29 bits per heavy atom. The summed E-state index contributed by atoms with van der Waals surface area (Å²) in [4.78, 5) is 16.3. The van der Waals surface area contributed by atoms with Crippen molar-refractivity contribution in [3.05, 3.63) is 22.7 Å². The molecule has 0 amide bonds. The quantitative estimate of drug-likeness (QED) is 0.859. The molecule has 0 saturated carbocycles. The molecule has 0 bridgehead atoms. The lowest BCUT2D eigenvalue weighted by atomic mass is 9.97. The maximum Gasteiger partial charge on any atom is 0.293 e. The standard InChI is InChI=1S/C13H23N3O/c1-12(2,3)9-15-10-11(17)16(8-7-14-10)13(4,5)6/h7-8H,9H2,1-6H3,(H,14,15). The van der Waals surface area contributed by atoms with E-state index in [0.717, 1.165) is 6.54 Å². The topological polar surface area (TPSA) is 46.9 Å². The fourth-order valence-electron chi connectivity index (χ4n) is 1.41. The van der Waals surface area contributed by atoms with E-state index < -0.39 is 0 Å². The van der Waals surface area contributed by atoms with E-state index in [1.807, 2.05) is 20.8 Å². The van der Waals surface area contributed by atoms with Gasteiger partial charge in [-0.15, -0.1) is 0 Å². The molecule has 0 spiro atoms. The van der Waals surface area contributed by atoms with E-state index in [9.17, 15) is 4.79 Å². The van der Waals surface area contributed by atoms with Gasteiger partial charge in [-0.05, 0) is 26.2 Å². The zero-order valence-electron chi connectivity index (χ0n) is 11.7. The highest BCUT2D eigenvalue weighted by atomic mass is 16.1. The second kappa shape index (κ2) is 4.51. The molecule has 1 aromatic rings. The second-order valence-electron chi connectivity index (χ2n) is 6.54. The molecular weight excluding hydrogens is 214 g/mol. The van der Waals surface area contributed by atoms with Crippen molar-refractivity contribution in [2.45, 2.75) is 47.1 Å². The molecule has 1 aromatic heterocycles. The minimum Gasteiger partial charge on any atom is -0.365 e. The van der Waals surface area contributed by atoms with Crippen molar-refractivity contribution < 1.29 is 0 Å². The lowest BCUT2D eigenvalue weighted by Gasteiger charge is -2.23. The number of anilines is 1. The highest BCUT2D eigenvalue weighted by Crippen LogP contribution is 2.14. The fraction of sp³-hybridized carbons (Fsp3) is 0.692. The monoisotopic (exact) mass is 237 g/mol. The predicted molar refractivity (Wildman–Crippen MR) is 71.4 cm³/mol. The molecular formula is C13H23N3O. The molecule has 0 aliphatic carbocycles. The van der Waals surface area contributed by atoms with Gasteiger partial charge < -0.3 is 9.88 Å². The summed E-state index contributed by atoms with van der Waals surface area (Å²) < 4.78 is 1.70. The van der Waals surface area contributed by atoms with Crippen LogP contribution in [0.3, 0.4) is 0 Å². The van der Waals surface area contributed by atoms with Crippen LogP contribution in [0.15, 0.2) is 17.2 Å². The molecule has 1 heterocycles. The van der Waals surface area contributed by atoms with Crippen molar-refractivity contribution in [1.82, 2.24) is 9.55 Å². The van der Waals surface area contributed by atoms with Crippen molar-refractivity contribution >= 4 is 5.82 Å². The predicted octanol–water partition coefficient (Wildman–Crippen LogP) is 2.46. The number of hydrogen-bond acceptors (Lipinski definition) is 3. The average molecular weight is 237 g/mol. The van der Waals surface area contributed by atoms with Gasteiger partial charge in [0.1, 0.15) is 0 Å². The first-order valence-corrected chi connectivity index (χ1v) is 5.93. The van der Waals surface area contributed by atoms with E-state index in [0.29, 0.717) is 5.82 Å². The van der Waals surface area contributed by atoms with Crippen molar-refractivity contribution in [2.24, 2.45) is 5.41 Å². The number of nitrogens with zero attached hydrogens (tertiary/aromatic N) is 2. The molecule has 0 aliphatic heterocycles. The van der Waals surface area contributed by atoms with Crippen LogP contribution in [0.25, 0.3) is 0 Å². The summed E-state index contributed by atoms with van der Waals surface area (Å²) in [5.41, 5.74) is -0.168. The van der Waals surface area contributed by atoms with Crippen LogP contribution in [0.2, 0.25) is 0 Å². The molecule has 0 unspecified atom stereocenters. The van der Waals surface area contributed by atoms with Crippen LogP contribution in [-0.4, -0.2) is 16.1 Å². The summed E-state index contributed by atoms with van der Waals surface area (Å²) in [5.74, 6) is 0.428. The van der Waals surface area contributed by atoms with E-state index in [1.54, 1.807) is 17.0 Å². The Kier molecular flexibility index (Phi) is 3.65. The summed E-state index contributed by atoms with van der Waals surface area (Å²) in [7, 11) is 0. The van der Waals surface area contributed by atoms with Gasteiger partial charge in [0.15, 0.2) is 5.82 Å². The number of nitrogens with one attached hydrogen (secondary N) is 1. The van der Waals surface area contributed by atoms with Gasteiger partial charge in [0.25, 0.3) is 5.56 Å². The first-order chi connectivity index (χ1) is 7.61. The molecule has 0 atom stereocenters. The van der Waals surface area contributed by atoms with Gasteiger partial charge in [-0.3, -0.25) is 4.79 Å². The highest BCUT2D eigenvalue weighted by molar-refractivity contribution is 5.31. The zero-order valence-corrected chi connectivity index (χ0v) is 11.7. The molecule has 1 rings (SSSR count). The van der Waals surface area contributed by atoms with E-state index >= 15 is 0 Å². The highest BCUT2D eigenvalue weighted by Gasteiger charge is 2.17. The van der Waals surface area contributed by atoms with E-state index in [1.165, 1.54) is 0 Å². The molecule has 1 N–H and O–H groups in total. The lowest BCUT2D eigenvalue weighted by Crippen LogP contribution is -2.36. The van der Waals surface area contributed by atoms with Gasteiger partial charge in [-0.25, -0.2) is 4.98 Å². The Hall–Kier alpha value is -1.32. The first-order valence-electron chi connectivity index (χ1n) is 5.93. The van der Waals surface area contributed by atoms with Gasteiger partial charge in [0.2, 0.25) is 0 Å². The summed E-state index contributed by atoms with van der Waals surface area (Å²) >= 11 is 0. The SMILES string of the molecule is CC(C)(C)CNc1nccn(C(C)(C)C)c1=O. The third-order valence-electron chi connectivity index (χ3n) is 2.35. The summed E-state index contributed by atoms with van der Waals surface area (Å²) in [5, 5.41) is 3.12. The fourth-order valence-corrected chi connectivity index (χ4v) is 1.41. The van der Waals surface area contributed by atoms with E-state index in [4.69, 9.17) is 0 Å². The third kappa shape index (κ3) is 3.88. The molecule has 0 saturated heterocycles. The number of rotatable bonds is 2. The molecule has 4 nitrogen and oxygen atoms in total. The number of aromatic nitrogens is 2. The van der Waals surface area contributed by atoms with Crippen molar-refractivity contribution in [2.75, 3.05) is 11.9 Å². The largest absolute Gasteiger partial charge is 0.365 e. The van der Waals surface area contributed by atoms with Gasteiger partial charge in [0, 0.05) is 24.5 Å². The van der Waals surface area contributed by atoms with Crippen LogP contribution in [0, 0.1) is 5.41 Å². The minimum atomic E-state index is -0.224. The van der Waals surface area contributed by atoms with Gasteiger partial charge in [-0.1, -0.05) is 20.8 Å². The molecule has 0 radical (unpaired) electrons. The van der Waals surface area contributed by atoms with Crippen molar-refractivity contribution in [3.63, 3.8) is 0 Å². The summed E-state index contributed by atoms with van der Waals surface area (Å²) in [6, 6.07) is 0. The number of hydrogen-bond donors (Lipinski definition) is 1. The lowest BCUT2D eigenvalue weighted by molar-refractivity contribution is 0.382. The maximum absolute atomic E-state index is 12.2. The molecule has 0 aromatic carbocycles. The molecule has 0 aliphatic rings. The van der Waals surface area contributed by atoms with Crippen LogP contribution in [-0.2, 0) is 5.54 Å². The summed E-state index contributed by atoms with van der Waals surface area (Å²) in [6.45, 7) is 13.1. The zero-order chi connectivity index (χ0) is 13.3. The van der Waals surface area contributed by atoms with Crippen LogP contribution >= 0.6 is 0 Å². The van der Waals surface area contributed by atoms with Gasteiger partial charge in [-0.2, -0.15) is 0 Å². The smallest absolute Gasteiger partial charge is 0.293 e. The molecule has 4 heteroatoms. The Balaban J connectivity index is 3.00. The first kappa shape index (κ1) is 13.7. The van der Waals surface area contributed by atoms with Crippen LogP contribution in [0.4, 0.5) is 5.82 Å². The Morgan fingerprint density at radius 1 is 1.24 bits per heavy atom. The summed E-state index contributed by atoms with van der Waals surface area (Å²) in [6.07, 6.45) is 3.39. The minimum absolute atomic E-state index is 0.0655. The Morgan fingerprint density at radius 2 is 1.82 bits per heavy atom. The Bertz CT molecular complexity index is 435. The second-order valence-corrected chi connectivity index (χ2v) is 6.54. The van der Waals surface area contributed by atoms with E-state index in [2.05, 4.69) is 31.1 Å². The third-order valence-corrected chi connectivity index (χ3v) is 2.35. The Labute approximate surface area is 103 Å². The molecule has 96 valence electrons. The van der Waals surface area contributed by atoms with Gasteiger partial charge >= 0.3 is 0 Å². The van der Waals surface area contributed by atoms with E-state index in [-0.39, 0.29) is 16.5 Å². The molecule has 0 fully saturated rings. The van der Waals surface area contributed by atoms with Crippen LogP contribution < -0.4 is 10.9 Å². The van der Waals surface area contributed by atoms with Crippen LogP contribution in [0.1, 0.15) is 41.5 Å². The van der Waals surface area contributed by atoms with Gasteiger partial charge in [0.05, 0.1) is 0 Å². The maximum atomic E-state index is 12.2. The van der Waals surface area contributed by atoms with Crippen LogP contribution in [0.5, 0.6) is 0 Å². The average Bonchev–Trinajstić information content (AvgIpc) is 2.13. The molecule has 17 heavy (non-hydrogen) atoms. The van der Waals surface area contributed by atoms with Crippen molar-refractivity contribution in [3.8, 4) is 0 Å².